The third kappa shape index (κ3) is 2.20. The summed E-state index contributed by atoms with van der Waals surface area (Å²) in [6.45, 7) is 6.15. The lowest BCUT2D eigenvalue weighted by Crippen LogP contribution is -2.24. The van der Waals surface area contributed by atoms with E-state index in [4.69, 9.17) is 11.6 Å². The maximum Gasteiger partial charge on any atom is 0.125 e. The van der Waals surface area contributed by atoms with Gasteiger partial charge in [0.25, 0.3) is 0 Å². The van der Waals surface area contributed by atoms with E-state index in [1.807, 2.05) is 0 Å². The number of fused-ring (bicyclic) bond motifs is 3. The van der Waals surface area contributed by atoms with E-state index in [9.17, 15) is 0 Å². The normalized spacial score (nSPS) is 12.2. The van der Waals surface area contributed by atoms with Crippen LogP contribution in [0.25, 0.3) is 27.6 Å². The van der Waals surface area contributed by atoms with Crippen molar-refractivity contribution in [3.05, 3.63) is 54.1 Å². The van der Waals surface area contributed by atoms with Gasteiger partial charge in [-0.3, -0.25) is 4.57 Å². The molecule has 0 spiro atoms. The second kappa shape index (κ2) is 5.82. The Hall–Kier alpha value is -1.93. The Morgan fingerprint density at radius 3 is 1.86 bits per heavy atom. The molecule has 108 valence electrons. The van der Waals surface area contributed by atoms with Crippen LogP contribution < -0.4 is 0 Å². The van der Waals surface area contributed by atoms with Gasteiger partial charge in [-0.25, -0.2) is 0 Å². The maximum absolute atomic E-state index is 6.19. The van der Waals surface area contributed by atoms with Crippen LogP contribution in [0.5, 0.6) is 0 Å². The molecule has 2 nitrogen and oxygen atoms in total. The molecule has 0 aliphatic heterocycles. The van der Waals surface area contributed by atoms with Crippen molar-refractivity contribution < 1.29 is 0 Å². The lowest BCUT2D eigenvalue weighted by molar-refractivity contribution is 0.424. The van der Waals surface area contributed by atoms with Crippen LogP contribution in [0.3, 0.4) is 0 Å². The summed E-state index contributed by atoms with van der Waals surface area (Å²) >= 11 is 6.19. The molecule has 0 bridgehead atoms. The van der Waals surface area contributed by atoms with Gasteiger partial charge in [-0.1, -0.05) is 48.0 Å². The summed E-state index contributed by atoms with van der Waals surface area (Å²) in [5.41, 5.74) is 4.07. The first kappa shape index (κ1) is 14.0. The zero-order valence-electron chi connectivity index (χ0n) is 12.4. The Kier molecular flexibility index (Phi) is 3.89. The minimum Gasteiger partial charge on any atom is -0.358 e. The van der Waals surface area contributed by atoms with E-state index in [-0.39, 0.29) is 0 Å². The fourth-order valence-electron chi connectivity index (χ4n) is 2.98. The van der Waals surface area contributed by atoms with Crippen LogP contribution >= 0.6 is 11.6 Å². The number of hydrogen-bond acceptors (Lipinski definition) is 1. The molecule has 0 aliphatic rings. The molecule has 0 fully saturated rings. The van der Waals surface area contributed by atoms with Crippen LogP contribution in [0.2, 0.25) is 0 Å². The van der Waals surface area contributed by atoms with Crippen LogP contribution in [0.15, 0.2) is 54.1 Å². The van der Waals surface area contributed by atoms with Crippen molar-refractivity contribution in [3.8, 4) is 0 Å². The van der Waals surface area contributed by atoms with Crippen molar-refractivity contribution in [2.75, 3.05) is 13.1 Å². The van der Waals surface area contributed by atoms with Gasteiger partial charge in [-0.2, -0.15) is 0 Å². The van der Waals surface area contributed by atoms with E-state index < -0.39 is 0 Å². The second-order valence-electron chi connectivity index (χ2n) is 5.01. The molecule has 0 aliphatic carbocycles. The van der Waals surface area contributed by atoms with Crippen molar-refractivity contribution in [1.29, 1.82) is 0 Å². The number of nitrogens with zero attached hydrogens (tertiary/aromatic N) is 2. The molecular formula is C18H19ClN2. The summed E-state index contributed by atoms with van der Waals surface area (Å²) in [6, 6.07) is 17.0. The predicted molar refractivity (Wildman–Crippen MR) is 92.5 cm³/mol. The first-order chi connectivity index (χ1) is 10.3. The smallest absolute Gasteiger partial charge is 0.125 e. The minimum atomic E-state index is 0.926. The Morgan fingerprint density at radius 1 is 0.952 bits per heavy atom. The van der Waals surface area contributed by atoms with E-state index in [1.54, 1.807) is 5.54 Å². The largest absolute Gasteiger partial charge is 0.358 e. The molecule has 3 heteroatoms. The minimum absolute atomic E-state index is 0.926. The molecule has 2 aromatic carbocycles. The first-order valence-corrected chi connectivity index (χ1v) is 7.79. The van der Waals surface area contributed by atoms with Crippen LogP contribution in [0, 0.1) is 0 Å². The summed E-state index contributed by atoms with van der Waals surface area (Å²) in [5, 5.41) is 2.52. The maximum atomic E-state index is 6.19. The van der Waals surface area contributed by atoms with Crippen LogP contribution in [-0.4, -0.2) is 22.6 Å². The summed E-state index contributed by atoms with van der Waals surface area (Å²) in [5.74, 6) is 1.03. The van der Waals surface area contributed by atoms with E-state index >= 15 is 0 Å². The number of benzene rings is 2. The average Bonchev–Trinajstić information content (AvgIpc) is 2.87. The highest BCUT2D eigenvalue weighted by atomic mass is 35.5. The molecular weight excluding hydrogens is 280 g/mol. The lowest BCUT2D eigenvalue weighted by Gasteiger charge is -2.25. The molecule has 3 rings (SSSR count). The highest BCUT2D eigenvalue weighted by molar-refractivity contribution is 6.28. The first-order valence-electron chi connectivity index (χ1n) is 7.35. The molecule has 0 amide bonds. The zero-order valence-corrected chi connectivity index (χ0v) is 13.1. The van der Waals surface area contributed by atoms with Gasteiger partial charge >= 0.3 is 0 Å². The Morgan fingerprint density at radius 2 is 1.43 bits per heavy atom. The SMILES string of the molecule is CCN(CC)/C(=C/Cl)n1c2ccccc2c2ccccc21. The molecule has 0 radical (unpaired) electrons. The molecule has 0 saturated carbocycles. The molecule has 0 unspecified atom stereocenters. The Labute approximate surface area is 130 Å². The van der Waals surface area contributed by atoms with Gasteiger partial charge in [0.1, 0.15) is 5.82 Å². The molecule has 0 saturated heterocycles. The van der Waals surface area contributed by atoms with Gasteiger partial charge in [0, 0.05) is 29.4 Å². The van der Waals surface area contributed by atoms with Crippen molar-refractivity contribution in [2.24, 2.45) is 0 Å². The third-order valence-electron chi connectivity index (χ3n) is 3.99. The van der Waals surface area contributed by atoms with Gasteiger partial charge in [0.15, 0.2) is 0 Å². The summed E-state index contributed by atoms with van der Waals surface area (Å²) < 4.78 is 2.25. The van der Waals surface area contributed by atoms with E-state index in [2.05, 4.69) is 71.8 Å². The molecule has 1 aromatic heterocycles. The van der Waals surface area contributed by atoms with Gasteiger partial charge in [-0.05, 0) is 26.0 Å². The standard InChI is InChI=1S/C18H19ClN2/c1-3-20(4-2)18(13-19)21-16-11-7-5-9-14(16)15-10-6-8-12-17(15)21/h5-13H,3-4H2,1-2H3/b18-13-. The van der Waals surface area contributed by atoms with Crippen molar-refractivity contribution in [1.82, 2.24) is 9.47 Å². The quantitative estimate of drug-likeness (QED) is 0.648. The summed E-state index contributed by atoms with van der Waals surface area (Å²) in [6.07, 6.45) is 0. The summed E-state index contributed by atoms with van der Waals surface area (Å²) in [4.78, 5) is 2.27. The van der Waals surface area contributed by atoms with E-state index in [0.717, 1.165) is 18.9 Å². The van der Waals surface area contributed by atoms with Gasteiger partial charge in [0.2, 0.25) is 0 Å². The number of para-hydroxylation sites is 2. The van der Waals surface area contributed by atoms with Crippen LogP contribution in [0.4, 0.5) is 0 Å². The third-order valence-corrected chi connectivity index (χ3v) is 4.19. The summed E-state index contributed by atoms with van der Waals surface area (Å²) in [7, 11) is 0. The van der Waals surface area contributed by atoms with Crippen LogP contribution in [0.1, 0.15) is 13.8 Å². The molecule has 21 heavy (non-hydrogen) atoms. The highest BCUT2D eigenvalue weighted by Crippen LogP contribution is 2.32. The molecule has 3 aromatic rings. The van der Waals surface area contributed by atoms with Crippen molar-refractivity contribution in [2.45, 2.75) is 13.8 Å². The fourth-order valence-corrected chi connectivity index (χ4v) is 3.21. The van der Waals surface area contributed by atoms with Crippen molar-refractivity contribution >= 4 is 39.2 Å². The number of aromatic nitrogens is 1. The lowest BCUT2D eigenvalue weighted by atomic mass is 10.2. The van der Waals surface area contributed by atoms with Gasteiger partial charge in [-0.15, -0.1) is 0 Å². The zero-order chi connectivity index (χ0) is 14.8. The molecule has 0 N–H and O–H groups in total. The molecule has 0 atom stereocenters. The average molecular weight is 299 g/mol. The fraction of sp³-hybridized carbons (Fsp3) is 0.222. The second-order valence-corrected chi connectivity index (χ2v) is 5.23. The van der Waals surface area contributed by atoms with E-state index in [1.165, 1.54) is 21.8 Å². The predicted octanol–water partition coefficient (Wildman–Crippen LogP) is 5.13. The monoisotopic (exact) mass is 298 g/mol. The number of rotatable bonds is 4. The Bertz CT molecular complexity index is 744. The van der Waals surface area contributed by atoms with Gasteiger partial charge in [0.05, 0.1) is 11.0 Å². The topological polar surface area (TPSA) is 8.17 Å². The molecule has 1 heterocycles. The Balaban J connectivity index is 2.39. The van der Waals surface area contributed by atoms with E-state index in [0.29, 0.717) is 0 Å². The highest BCUT2D eigenvalue weighted by Gasteiger charge is 2.15. The van der Waals surface area contributed by atoms with Crippen molar-refractivity contribution in [3.63, 3.8) is 0 Å². The van der Waals surface area contributed by atoms with Gasteiger partial charge < -0.3 is 4.90 Å². The number of halogens is 1. The van der Waals surface area contributed by atoms with Crippen LogP contribution in [-0.2, 0) is 0 Å². The number of hydrogen-bond donors (Lipinski definition) is 0.